The fraction of sp³-hybridized carbons (Fsp3) is 0.0714. The number of nitrogen functional groups attached to an aromatic ring is 1. The lowest BCUT2D eigenvalue weighted by atomic mass is 10.1. The smallest absolute Gasteiger partial charge is 0.258 e. The van der Waals surface area contributed by atoms with Crippen LogP contribution in [-0.4, -0.2) is 5.91 Å². The second-order valence-corrected chi connectivity index (χ2v) is 4.13. The summed E-state index contributed by atoms with van der Waals surface area (Å²) in [7, 11) is 0. The van der Waals surface area contributed by atoms with E-state index in [0.717, 1.165) is 6.07 Å². The Labute approximate surface area is 109 Å². The van der Waals surface area contributed by atoms with Gasteiger partial charge in [0, 0.05) is 5.69 Å². The van der Waals surface area contributed by atoms with Crippen molar-refractivity contribution >= 4 is 17.3 Å². The van der Waals surface area contributed by atoms with Gasteiger partial charge in [0.05, 0.1) is 11.3 Å². The van der Waals surface area contributed by atoms with Gasteiger partial charge < -0.3 is 11.1 Å². The van der Waals surface area contributed by atoms with Crippen LogP contribution in [0.15, 0.2) is 36.4 Å². The summed E-state index contributed by atoms with van der Waals surface area (Å²) >= 11 is 0. The van der Waals surface area contributed by atoms with Crippen LogP contribution in [0.25, 0.3) is 0 Å². The number of hydrogen-bond acceptors (Lipinski definition) is 2. The minimum Gasteiger partial charge on any atom is -0.399 e. The topological polar surface area (TPSA) is 55.1 Å². The first-order valence-electron chi connectivity index (χ1n) is 5.60. The van der Waals surface area contributed by atoms with Gasteiger partial charge in [0.15, 0.2) is 0 Å². The minimum atomic E-state index is -0.744. The molecule has 0 saturated carbocycles. The Bertz CT molecular complexity index is 621. The quantitative estimate of drug-likeness (QED) is 0.817. The summed E-state index contributed by atoms with van der Waals surface area (Å²) < 4.78 is 27.1. The first-order valence-corrected chi connectivity index (χ1v) is 5.60. The van der Waals surface area contributed by atoms with Crippen molar-refractivity contribution in [3.8, 4) is 0 Å². The molecule has 0 atom stereocenters. The SMILES string of the molecule is Cc1cccc(F)c1NC(=O)c1ccc(N)cc1F. The van der Waals surface area contributed by atoms with Crippen molar-refractivity contribution in [3.63, 3.8) is 0 Å². The van der Waals surface area contributed by atoms with Crippen molar-refractivity contribution in [2.75, 3.05) is 11.1 Å². The normalized spacial score (nSPS) is 10.3. The average Bonchev–Trinajstić information content (AvgIpc) is 2.33. The molecule has 0 fully saturated rings. The van der Waals surface area contributed by atoms with E-state index in [1.807, 2.05) is 0 Å². The number of nitrogens with two attached hydrogens (primary N) is 1. The van der Waals surface area contributed by atoms with Gasteiger partial charge >= 0.3 is 0 Å². The van der Waals surface area contributed by atoms with Gasteiger partial charge in [-0.15, -0.1) is 0 Å². The number of para-hydroxylation sites is 1. The molecular weight excluding hydrogens is 250 g/mol. The van der Waals surface area contributed by atoms with E-state index in [1.165, 1.54) is 24.3 Å². The second kappa shape index (κ2) is 5.06. The molecule has 0 radical (unpaired) electrons. The van der Waals surface area contributed by atoms with E-state index in [9.17, 15) is 13.6 Å². The highest BCUT2D eigenvalue weighted by atomic mass is 19.1. The Morgan fingerprint density at radius 3 is 2.53 bits per heavy atom. The van der Waals surface area contributed by atoms with Crippen LogP contribution in [-0.2, 0) is 0 Å². The molecule has 0 spiro atoms. The monoisotopic (exact) mass is 262 g/mol. The summed E-state index contributed by atoms with van der Waals surface area (Å²) in [6.07, 6.45) is 0. The van der Waals surface area contributed by atoms with E-state index in [1.54, 1.807) is 13.0 Å². The molecule has 0 saturated heterocycles. The zero-order chi connectivity index (χ0) is 14.0. The molecule has 0 heterocycles. The van der Waals surface area contributed by atoms with Crippen LogP contribution in [0, 0.1) is 18.6 Å². The van der Waals surface area contributed by atoms with E-state index in [-0.39, 0.29) is 16.9 Å². The highest BCUT2D eigenvalue weighted by Gasteiger charge is 2.15. The van der Waals surface area contributed by atoms with Gasteiger partial charge in [0.1, 0.15) is 11.6 Å². The molecule has 0 aromatic heterocycles. The summed E-state index contributed by atoms with van der Waals surface area (Å²) in [5, 5.41) is 2.36. The largest absolute Gasteiger partial charge is 0.399 e. The van der Waals surface area contributed by atoms with Crippen molar-refractivity contribution in [2.24, 2.45) is 0 Å². The van der Waals surface area contributed by atoms with Crippen molar-refractivity contribution in [3.05, 3.63) is 59.2 Å². The number of carbonyl (C=O) groups excluding carboxylic acids is 1. The van der Waals surface area contributed by atoms with Crippen LogP contribution in [0.2, 0.25) is 0 Å². The van der Waals surface area contributed by atoms with Gasteiger partial charge in [-0.05, 0) is 36.8 Å². The third kappa shape index (κ3) is 2.70. The maximum atomic E-state index is 13.6. The number of aryl methyl sites for hydroxylation is 1. The lowest BCUT2D eigenvalue weighted by Gasteiger charge is -2.10. The molecule has 0 aliphatic carbocycles. The number of benzene rings is 2. The van der Waals surface area contributed by atoms with E-state index in [4.69, 9.17) is 5.73 Å². The number of amides is 1. The molecule has 3 nitrogen and oxygen atoms in total. The van der Waals surface area contributed by atoms with Gasteiger partial charge in [-0.2, -0.15) is 0 Å². The third-order valence-corrected chi connectivity index (χ3v) is 2.70. The lowest BCUT2D eigenvalue weighted by molar-refractivity contribution is 0.102. The molecule has 0 bridgehead atoms. The molecule has 3 N–H and O–H groups in total. The van der Waals surface area contributed by atoms with Crippen molar-refractivity contribution in [1.29, 1.82) is 0 Å². The van der Waals surface area contributed by atoms with Gasteiger partial charge in [-0.3, -0.25) is 4.79 Å². The minimum absolute atomic E-state index is 0.0451. The first-order chi connectivity index (χ1) is 8.99. The van der Waals surface area contributed by atoms with E-state index >= 15 is 0 Å². The zero-order valence-corrected chi connectivity index (χ0v) is 10.2. The molecule has 1 amide bonds. The summed E-state index contributed by atoms with van der Waals surface area (Å²) in [5.41, 5.74) is 6.04. The van der Waals surface area contributed by atoms with E-state index in [0.29, 0.717) is 5.56 Å². The number of rotatable bonds is 2. The zero-order valence-electron chi connectivity index (χ0n) is 10.2. The van der Waals surface area contributed by atoms with Gasteiger partial charge in [0.2, 0.25) is 0 Å². The molecule has 0 unspecified atom stereocenters. The summed E-state index contributed by atoms with van der Waals surface area (Å²) in [6.45, 7) is 1.65. The van der Waals surface area contributed by atoms with Crippen LogP contribution in [0.5, 0.6) is 0 Å². The molecule has 0 aliphatic rings. The third-order valence-electron chi connectivity index (χ3n) is 2.70. The Kier molecular flexibility index (Phi) is 3.46. The highest BCUT2D eigenvalue weighted by Crippen LogP contribution is 2.20. The standard InChI is InChI=1S/C14H12F2N2O/c1-8-3-2-4-11(15)13(8)18-14(19)10-6-5-9(17)7-12(10)16/h2-7H,17H2,1H3,(H,18,19). The average molecular weight is 262 g/mol. The van der Waals surface area contributed by atoms with Crippen molar-refractivity contribution in [1.82, 2.24) is 0 Å². The van der Waals surface area contributed by atoms with Crippen molar-refractivity contribution in [2.45, 2.75) is 6.92 Å². The number of halogens is 2. The number of hydrogen-bond donors (Lipinski definition) is 2. The number of anilines is 2. The van der Waals surface area contributed by atoms with Crippen LogP contribution >= 0.6 is 0 Å². The molecule has 0 aliphatic heterocycles. The summed E-state index contributed by atoms with van der Waals surface area (Å²) in [5.74, 6) is -2.03. The second-order valence-electron chi connectivity index (χ2n) is 4.13. The van der Waals surface area contributed by atoms with E-state index < -0.39 is 17.5 Å². The fourth-order valence-electron chi connectivity index (χ4n) is 1.69. The maximum absolute atomic E-state index is 13.6. The summed E-state index contributed by atoms with van der Waals surface area (Å²) in [6, 6.07) is 8.12. The molecule has 98 valence electrons. The van der Waals surface area contributed by atoms with Crippen LogP contribution in [0.1, 0.15) is 15.9 Å². The fourth-order valence-corrected chi connectivity index (χ4v) is 1.69. The Morgan fingerprint density at radius 1 is 1.16 bits per heavy atom. The molecule has 19 heavy (non-hydrogen) atoms. The van der Waals surface area contributed by atoms with Gasteiger partial charge in [-0.1, -0.05) is 12.1 Å². The van der Waals surface area contributed by atoms with Gasteiger partial charge in [0.25, 0.3) is 5.91 Å². The van der Waals surface area contributed by atoms with Gasteiger partial charge in [-0.25, -0.2) is 8.78 Å². The molecule has 2 rings (SSSR count). The predicted octanol–water partition coefficient (Wildman–Crippen LogP) is 3.11. The Morgan fingerprint density at radius 2 is 1.89 bits per heavy atom. The molecular formula is C14H12F2N2O. The Balaban J connectivity index is 2.31. The number of nitrogens with one attached hydrogen (secondary N) is 1. The predicted molar refractivity (Wildman–Crippen MR) is 69.9 cm³/mol. The Hall–Kier alpha value is -2.43. The van der Waals surface area contributed by atoms with Crippen LogP contribution < -0.4 is 11.1 Å². The molecule has 2 aromatic carbocycles. The first kappa shape index (κ1) is 13.0. The highest BCUT2D eigenvalue weighted by molar-refractivity contribution is 6.05. The number of carbonyl (C=O) groups is 1. The molecule has 5 heteroatoms. The maximum Gasteiger partial charge on any atom is 0.258 e. The molecule has 2 aromatic rings. The van der Waals surface area contributed by atoms with Crippen molar-refractivity contribution < 1.29 is 13.6 Å². The van der Waals surface area contributed by atoms with E-state index in [2.05, 4.69) is 5.32 Å². The lowest BCUT2D eigenvalue weighted by Crippen LogP contribution is -2.15. The summed E-state index contributed by atoms with van der Waals surface area (Å²) in [4.78, 5) is 11.9. The van der Waals surface area contributed by atoms with Crippen LogP contribution in [0.4, 0.5) is 20.2 Å². The van der Waals surface area contributed by atoms with Crippen LogP contribution in [0.3, 0.4) is 0 Å².